The molecule has 168 valence electrons. The molecule has 31 heavy (non-hydrogen) atoms. The zero-order chi connectivity index (χ0) is 22.6. The van der Waals surface area contributed by atoms with Crippen molar-refractivity contribution < 1.29 is 13.2 Å². The SMILES string of the molecule is CN(c1ccccc1)c1ccc(NC(=O)C2CCC(NS(=O)(=O)C(C)(C)C)CC2)cc1. The Morgan fingerprint density at radius 2 is 1.45 bits per heavy atom. The average molecular weight is 444 g/mol. The Balaban J connectivity index is 1.52. The van der Waals surface area contributed by atoms with E-state index < -0.39 is 14.8 Å². The Bertz CT molecular complexity index is 975. The lowest BCUT2D eigenvalue weighted by Crippen LogP contribution is -2.46. The molecule has 0 unspecified atom stereocenters. The molecule has 1 fully saturated rings. The number of nitrogens with zero attached hydrogens (tertiary/aromatic N) is 1. The third-order valence-corrected chi connectivity index (χ3v) is 8.15. The fourth-order valence-electron chi connectivity index (χ4n) is 3.68. The Morgan fingerprint density at radius 1 is 0.903 bits per heavy atom. The molecule has 7 heteroatoms. The van der Waals surface area contributed by atoms with E-state index in [4.69, 9.17) is 0 Å². The topological polar surface area (TPSA) is 78.5 Å². The van der Waals surface area contributed by atoms with Crippen LogP contribution in [0.4, 0.5) is 17.1 Å². The van der Waals surface area contributed by atoms with Gasteiger partial charge in [-0.05, 0) is 82.9 Å². The second-order valence-electron chi connectivity index (χ2n) is 9.21. The minimum Gasteiger partial charge on any atom is -0.345 e. The number of hydrogen-bond acceptors (Lipinski definition) is 4. The third-order valence-electron chi connectivity index (χ3n) is 5.89. The summed E-state index contributed by atoms with van der Waals surface area (Å²) in [5, 5.41) is 3.01. The first-order valence-corrected chi connectivity index (χ1v) is 12.3. The van der Waals surface area contributed by atoms with Crippen LogP contribution in [-0.2, 0) is 14.8 Å². The standard InChI is InChI=1S/C24H33N3O3S/c1-24(2,3)31(29,30)26-20-12-10-18(11-13-20)23(28)25-19-14-16-22(17-15-19)27(4)21-8-6-5-7-9-21/h5-9,14-18,20,26H,10-13H2,1-4H3,(H,25,28). The van der Waals surface area contributed by atoms with Crippen molar-refractivity contribution in [3.63, 3.8) is 0 Å². The Kier molecular flexibility index (Phi) is 7.06. The summed E-state index contributed by atoms with van der Waals surface area (Å²) in [6.07, 6.45) is 2.71. The van der Waals surface area contributed by atoms with Crippen molar-refractivity contribution >= 4 is 33.0 Å². The lowest BCUT2D eigenvalue weighted by atomic mass is 9.86. The van der Waals surface area contributed by atoms with Crippen LogP contribution in [0.1, 0.15) is 46.5 Å². The minimum absolute atomic E-state index is 0.00120. The molecule has 0 aromatic heterocycles. The zero-order valence-corrected chi connectivity index (χ0v) is 19.6. The predicted molar refractivity (Wildman–Crippen MR) is 127 cm³/mol. The molecule has 1 aliphatic rings. The number of amides is 1. The van der Waals surface area contributed by atoms with Crippen LogP contribution in [0.25, 0.3) is 0 Å². The van der Waals surface area contributed by atoms with Crippen LogP contribution in [-0.4, -0.2) is 32.2 Å². The Hall–Kier alpha value is -2.38. The van der Waals surface area contributed by atoms with Gasteiger partial charge in [0.15, 0.2) is 0 Å². The first-order valence-electron chi connectivity index (χ1n) is 10.8. The molecule has 3 rings (SSSR count). The van der Waals surface area contributed by atoms with E-state index in [1.54, 1.807) is 20.8 Å². The van der Waals surface area contributed by atoms with E-state index in [1.165, 1.54) is 0 Å². The van der Waals surface area contributed by atoms with Gasteiger partial charge in [0.1, 0.15) is 0 Å². The highest BCUT2D eigenvalue weighted by Crippen LogP contribution is 2.28. The zero-order valence-electron chi connectivity index (χ0n) is 18.8. The summed E-state index contributed by atoms with van der Waals surface area (Å²) < 4.78 is 26.7. The summed E-state index contributed by atoms with van der Waals surface area (Å²) in [6.45, 7) is 5.08. The molecule has 1 aliphatic carbocycles. The molecule has 6 nitrogen and oxygen atoms in total. The van der Waals surface area contributed by atoms with Crippen molar-refractivity contribution in [2.75, 3.05) is 17.3 Å². The Morgan fingerprint density at radius 3 is 2.00 bits per heavy atom. The quantitative estimate of drug-likeness (QED) is 0.680. The van der Waals surface area contributed by atoms with Gasteiger partial charge in [0.05, 0.1) is 4.75 Å². The molecular weight excluding hydrogens is 410 g/mol. The molecule has 2 N–H and O–H groups in total. The van der Waals surface area contributed by atoms with Crippen molar-refractivity contribution in [3.05, 3.63) is 54.6 Å². The molecule has 2 aromatic carbocycles. The van der Waals surface area contributed by atoms with Crippen molar-refractivity contribution in [2.24, 2.45) is 5.92 Å². The molecule has 0 heterocycles. The summed E-state index contributed by atoms with van der Waals surface area (Å²) in [5.41, 5.74) is 2.90. The number of hydrogen-bond donors (Lipinski definition) is 2. The highest BCUT2D eigenvalue weighted by Gasteiger charge is 2.34. The fraction of sp³-hybridized carbons (Fsp3) is 0.458. The molecule has 0 radical (unpaired) electrons. The monoisotopic (exact) mass is 443 g/mol. The largest absolute Gasteiger partial charge is 0.345 e. The molecule has 0 bridgehead atoms. The lowest BCUT2D eigenvalue weighted by Gasteiger charge is -2.30. The van der Waals surface area contributed by atoms with Gasteiger partial charge in [-0.15, -0.1) is 0 Å². The van der Waals surface area contributed by atoms with E-state index in [9.17, 15) is 13.2 Å². The second-order valence-corrected chi connectivity index (χ2v) is 11.7. The smallest absolute Gasteiger partial charge is 0.227 e. The van der Waals surface area contributed by atoms with Crippen LogP contribution in [0.2, 0.25) is 0 Å². The Labute approximate surface area is 186 Å². The summed E-state index contributed by atoms with van der Waals surface area (Å²) in [4.78, 5) is 14.8. The van der Waals surface area contributed by atoms with Gasteiger partial charge in [-0.1, -0.05) is 18.2 Å². The fourth-order valence-corrected chi connectivity index (χ4v) is 4.71. The van der Waals surface area contributed by atoms with Gasteiger partial charge in [-0.25, -0.2) is 13.1 Å². The van der Waals surface area contributed by atoms with Gasteiger partial charge in [-0.2, -0.15) is 0 Å². The van der Waals surface area contributed by atoms with Gasteiger partial charge in [0, 0.05) is 36.1 Å². The van der Waals surface area contributed by atoms with Crippen LogP contribution >= 0.6 is 0 Å². The molecule has 1 amide bonds. The van der Waals surface area contributed by atoms with Crippen molar-refractivity contribution in [3.8, 4) is 0 Å². The minimum atomic E-state index is -3.37. The highest BCUT2D eigenvalue weighted by molar-refractivity contribution is 7.90. The van der Waals surface area contributed by atoms with E-state index in [0.29, 0.717) is 25.7 Å². The summed E-state index contributed by atoms with van der Waals surface area (Å²) in [5.74, 6) is -0.0941. The van der Waals surface area contributed by atoms with E-state index in [2.05, 4.69) is 14.9 Å². The predicted octanol–water partition coefficient (Wildman–Crippen LogP) is 4.67. The number of nitrogens with one attached hydrogen (secondary N) is 2. The van der Waals surface area contributed by atoms with E-state index >= 15 is 0 Å². The average Bonchev–Trinajstić information content (AvgIpc) is 2.74. The lowest BCUT2D eigenvalue weighted by molar-refractivity contribution is -0.120. The van der Waals surface area contributed by atoms with Crippen LogP contribution in [0.15, 0.2) is 54.6 Å². The van der Waals surface area contributed by atoms with Crippen molar-refractivity contribution in [1.29, 1.82) is 0 Å². The van der Waals surface area contributed by atoms with Gasteiger partial charge in [0.25, 0.3) is 0 Å². The molecule has 1 saturated carbocycles. The van der Waals surface area contributed by atoms with Crippen molar-refractivity contribution in [2.45, 2.75) is 57.2 Å². The maximum atomic E-state index is 12.7. The number of para-hydroxylation sites is 1. The number of sulfonamides is 1. The van der Waals surface area contributed by atoms with Crippen LogP contribution < -0.4 is 14.9 Å². The molecule has 2 aromatic rings. The number of rotatable bonds is 6. The van der Waals surface area contributed by atoms with Gasteiger partial charge in [-0.3, -0.25) is 4.79 Å². The van der Waals surface area contributed by atoms with Crippen LogP contribution in [0.3, 0.4) is 0 Å². The van der Waals surface area contributed by atoms with Gasteiger partial charge < -0.3 is 10.2 Å². The number of carbonyl (C=O) groups is 1. The van der Waals surface area contributed by atoms with Gasteiger partial charge >= 0.3 is 0 Å². The van der Waals surface area contributed by atoms with E-state index in [-0.39, 0.29) is 17.9 Å². The summed E-state index contributed by atoms with van der Waals surface area (Å²) >= 11 is 0. The molecule has 0 aliphatic heterocycles. The van der Waals surface area contributed by atoms with Crippen LogP contribution in [0, 0.1) is 5.92 Å². The third kappa shape index (κ3) is 5.86. The number of carbonyl (C=O) groups excluding carboxylic acids is 1. The van der Waals surface area contributed by atoms with Gasteiger partial charge in [0.2, 0.25) is 15.9 Å². The molecule has 0 atom stereocenters. The van der Waals surface area contributed by atoms with E-state index in [0.717, 1.165) is 17.1 Å². The maximum Gasteiger partial charge on any atom is 0.227 e. The number of benzene rings is 2. The second kappa shape index (κ2) is 9.40. The first kappa shape index (κ1) is 23.3. The first-order chi connectivity index (χ1) is 14.6. The normalized spacial score (nSPS) is 19.6. The molecular formula is C24H33N3O3S. The van der Waals surface area contributed by atoms with E-state index in [1.807, 2.05) is 61.6 Å². The molecule has 0 spiro atoms. The number of anilines is 3. The maximum absolute atomic E-state index is 12.7. The molecule has 0 saturated heterocycles. The summed E-state index contributed by atoms with van der Waals surface area (Å²) in [6, 6.07) is 17.8. The van der Waals surface area contributed by atoms with Crippen LogP contribution in [0.5, 0.6) is 0 Å². The summed E-state index contributed by atoms with van der Waals surface area (Å²) in [7, 11) is -1.36. The van der Waals surface area contributed by atoms with Crippen molar-refractivity contribution in [1.82, 2.24) is 4.72 Å². The highest BCUT2D eigenvalue weighted by atomic mass is 32.2.